The Labute approximate surface area is 105 Å². The lowest BCUT2D eigenvalue weighted by molar-refractivity contribution is -0.148. The van der Waals surface area contributed by atoms with E-state index < -0.39 is 17.6 Å². The second-order valence-electron chi connectivity index (χ2n) is 4.51. The molecule has 1 saturated heterocycles. The number of nitrogens with zero attached hydrogens (tertiary/aromatic N) is 1. The fourth-order valence-electron chi connectivity index (χ4n) is 2.12. The molecule has 1 heterocycles. The van der Waals surface area contributed by atoms with Crippen LogP contribution >= 0.6 is 0 Å². The SMILES string of the molecule is CC(Cc1ccccc1)(C(=O)O)N1CCOC1=O. The Hall–Kier alpha value is -2.04. The minimum absolute atomic E-state index is 0.247. The maximum Gasteiger partial charge on any atom is 0.410 e. The van der Waals surface area contributed by atoms with E-state index in [0.29, 0.717) is 6.54 Å². The number of carboxylic acids is 1. The lowest BCUT2D eigenvalue weighted by atomic mass is 9.91. The predicted octanol–water partition coefficient (Wildman–Crippen LogP) is 1.52. The third-order valence-electron chi connectivity index (χ3n) is 3.21. The summed E-state index contributed by atoms with van der Waals surface area (Å²) >= 11 is 0. The van der Waals surface area contributed by atoms with Crippen molar-refractivity contribution < 1.29 is 19.4 Å². The van der Waals surface area contributed by atoms with Crippen molar-refractivity contribution in [2.24, 2.45) is 0 Å². The molecule has 0 spiro atoms. The zero-order valence-electron chi connectivity index (χ0n) is 10.1. The molecule has 1 aromatic carbocycles. The van der Waals surface area contributed by atoms with Gasteiger partial charge in [-0.2, -0.15) is 0 Å². The van der Waals surface area contributed by atoms with Gasteiger partial charge in [-0.1, -0.05) is 30.3 Å². The van der Waals surface area contributed by atoms with Gasteiger partial charge < -0.3 is 9.84 Å². The summed E-state index contributed by atoms with van der Waals surface area (Å²) in [5.74, 6) is -1.02. The molecular weight excluding hydrogens is 234 g/mol. The molecule has 0 aliphatic carbocycles. The molecule has 1 aliphatic heterocycles. The van der Waals surface area contributed by atoms with Crippen molar-refractivity contribution in [2.75, 3.05) is 13.2 Å². The van der Waals surface area contributed by atoms with Crippen molar-refractivity contribution >= 4 is 12.1 Å². The second-order valence-corrected chi connectivity index (χ2v) is 4.51. The minimum atomic E-state index is -1.27. The van der Waals surface area contributed by atoms with E-state index >= 15 is 0 Å². The van der Waals surface area contributed by atoms with Gasteiger partial charge in [0, 0.05) is 6.42 Å². The molecule has 1 aromatic rings. The number of carbonyl (C=O) groups is 2. The summed E-state index contributed by atoms with van der Waals surface area (Å²) in [6, 6.07) is 9.26. The topological polar surface area (TPSA) is 66.8 Å². The normalized spacial score (nSPS) is 18.3. The molecule has 5 nitrogen and oxygen atoms in total. The summed E-state index contributed by atoms with van der Waals surface area (Å²) in [7, 11) is 0. The van der Waals surface area contributed by atoms with Crippen LogP contribution in [0.4, 0.5) is 4.79 Å². The van der Waals surface area contributed by atoms with Gasteiger partial charge in [0.1, 0.15) is 12.1 Å². The van der Waals surface area contributed by atoms with Crippen LogP contribution in [0.3, 0.4) is 0 Å². The first-order chi connectivity index (χ1) is 8.54. The molecule has 0 aromatic heterocycles. The summed E-state index contributed by atoms with van der Waals surface area (Å²) < 4.78 is 4.82. The fraction of sp³-hybridized carbons (Fsp3) is 0.385. The molecule has 0 saturated carbocycles. The predicted molar refractivity (Wildman–Crippen MR) is 64.2 cm³/mol. The van der Waals surface area contributed by atoms with E-state index in [-0.39, 0.29) is 13.0 Å². The lowest BCUT2D eigenvalue weighted by Gasteiger charge is -2.33. The van der Waals surface area contributed by atoms with Crippen molar-refractivity contribution in [3.63, 3.8) is 0 Å². The molecule has 1 fully saturated rings. The summed E-state index contributed by atoms with van der Waals surface area (Å²) in [6.07, 6.45) is -0.297. The van der Waals surface area contributed by atoms with E-state index in [1.54, 1.807) is 6.92 Å². The Morgan fingerprint density at radius 1 is 1.44 bits per heavy atom. The quantitative estimate of drug-likeness (QED) is 0.878. The molecule has 1 amide bonds. The highest BCUT2D eigenvalue weighted by molar-refractivity contribution is 5.85. The van der Waals surface area contributed by atoms with Crippen LogP contribution in [0, 0.1) is 0 Å². The van der Waals surface area contributed by atoms with Crippen molar-refractivity contribution in [3.8, 4) is 0 Å². The first-order valence-electron chi connectivity index (χ1n) is 5.76. The van der Waals surface area contributed by atoms with Crippen LogP contribution in [0.5, 0.6) is 0 Å². The Kier molecular flexibility index (Phi) is 3.23. The van der Waals surface area contributed by atoms with Gasteiger partial charge in [0.15, 0.2) is 0 Å². The van der Waals surface area contributed by atoms with Crippen LogP contribution in [0.1, 0.15) is 12.5 Å². The van der Waals surface area contributed by atoms with Gasteiger partial charge in [0.05, 0.1) is 6.54 Å². The Morgan fingerprint density at radius 3 is 2.61 bits per heavy atom. The number of rotatable bonds is 4. The van der Waals surface area contributed by atoms with Crippen molar-refractivity contribution in [1.82, 2.24) is 4.90 Å². The van der Waals surface area contributed by atoms with E-state index in [1.165, 1.54) is 4.90 Å². The molecular formula is C13H15NO4. The fourth-order valence-corrected chi connectivity index (χ4v) is 2.12. The standard InChI is InChI=1S/C13H15NO4/c1-13(11(15)16,14-7-8-18-12(14)17)9-10-5-3-2-4-6-10/h2-6H,7-9H2,1H3,(H,15,16). The Morgan fingerprint density at radius 2 is 2.11 bits per heavy atom. The van der Waals surface area contributed by atoms with Crippen molar-refractivity contribution in [3.05, 3.63) is 35.9 Å². The average molecular weight is 249 g/mol. The van der Waals surface area contributed by atoms with Gasteiger partial charge in [-0.25, -0.2) is 9.59 Å². The lowest BCUT2D eigenvalue weighted by Crippen LogP contribution is -2.54. The highest BCUT2D eigenvalue weighted by atomic mass is 16.6. The molecule has 1 atom stereocenters. The molecule has 18 heavy (non-hydrogen) atoms. The third kappa shape index (κ3) is 2.16. The maximum atomic E-state index is 11.6. The molecule has 5 heteroatoms. The first kappa shape index (κ1) is 12.4. The van der Waals surface area contributed by atoms with E-state index in [2.05, 4.69) is 0 Å². The first-order valence-corrected chi connectivity index (χ1v) is 5.76. The summed E-state index contributed by atoms with van der Waals surface area (Å²) in [4.78, 5) is 24.3. The number of carbonyl (C=O) groups excluding carboxylic acids is 1. The number of hydrogen-bond acceptors (Lipinski definition) is 3. The van der Waals surface area contributed by atoms with E-state index in [0.717, 1.165) is 5.56 Å². The van der Waals surface area contributed by atoms with Gasteiger partial charge in [0.25, 0.3) is 0 Å². The zero-order chi connectivity index (χ0) is 13.2. The van der Waals surface area contributed by atoms with Crippen LogP contribution in [0.15, 0.2) is 30.3 Å². The summed E-state index contributed by atoms with van der Waals surface area (Å²) in [5, 5.41) is 9.42. The number of amides is 1. The van der Waals surface area contributed by atoms with Crippen LogP contribution in [0.2, 0.25) is 0 Å². The highest BCUT2D eigenvalue weighted by Gasteiger charge is 2.45. The van der Waals surface area contributed by atoms with Crippen LogP contribution in [-0.4, -0.2) is 40.8 Å². The third-order valence-corrected chi connectivity index (χ3v) is 3.21. The van der Waals surface area contributed by atoms with Crippen LogP contribution in [0.25, 0.3) is 0 Å². The highest BCUT2D eigenvalue weighted by Crippen LogP contribution is 2.24. The molecule has 1 aliphatic rings. The molecule has 1 unspecified atom stereocenters. The number of benzene rings is 1. The Bertz CT molecular complexity index is 459. The van der Waals surface area contributed by atoms with Crippen molar-refractivity contribution in [2.45, 2.75) is 18.9 Å². The number of carboxylic acid groups (broad SMARTS) is 1. The summed E-state index contributed by atoms with van der Waals surface area (Å²) in [5.41, 5.74) is -0.392. The summed E-state index contributed by atoms with van der Waals surface area (Å²) in [6.45, 7) is 2.11. The van der Waals surface area contributed by atoms with Gasteiger partial charge in [-0.15, -0.1) is 0 Å². The maximum absolute atomic E-state index is 11.6. The monoisotopic (exact) mass is 249 g/mol. The van der Waals surface area contributed by atoms with Gasteiger partial charge in [0.2, 0.25) is 0 Å². The van der Waals surface area contributed by atoms with E-state index in [4.69, 9.17) is 4.74 Å². The molecule has 2 rings (SSSR count). The Balaban J connectivity index is 2.27. The molecule has 0 radical (unpaired) electrons. The van der Waals surface area contributed by atoms with Crippen molar-refractivity contribution in [1.29, 1.82) is 0 Å². The molecule has 0 bridgehead atoms. The average Bonchev–Trinajstić information content (AvgIpc) is 2.77. The zero-order valence-corrected chi connectivity index (χ0v) is 10.1. The van der Waals surface area contributed by atoms with E-state index in [9.17, 15) is 14.7 Å². The molecule has 96 valence electrons. The second kappa shape index (κ2) is 4.68. The number of cyclic esters (lactones) is 1. The van der Waals surface area contributed by atoms with Crippen LogP contribution in [-0.2, 0) is 16.0 Å². The number of ether oxygens (including phenoxy) is 1. The van der Waals surface area contributed by atoms with Gasteiger partial charge in [-0.3, -0.25) is 4.90 Å². The van der Waals surface area contributed by atoms with Gasteiger partial charge in [-0.05, 0) is 12.5 Å². The largest absolute Gasteiger partial charge is 0.479 e. The number of aliphatic carboxylic acids is 1. The van der Waals surface area contributed by atoms with Crippen LogP contribution < -0.4 is 0 Å². The number of hydrogen-bond donors (Lipinski definition) is 1. The van der Waals surface area contributed by atoms with Gasteiger partial charge >= 0.3 is 12.1 Å². The van der Waals surface area contributed by atoms with E-state index in [1.807, 2.05) is 30.3 Å². The smallest absolute Gasteiger partial charge is 0.410 e. The molecule has 1 N–H and O–H groups in total. The minimum Gasteiger partial charge on any atom is -0.479 e.